The van der Waals surface area contributed by atoms with Crippen molar-refractivity contribution in [2.75, 3.05) is 0 Å². The van der Waals surface area contributed by atoms with E-state index in [2.05, 4.69) is 25.0 Å². The van der Waals surface area contributed by atoms with Gasteiger partial charge in [-0.25, -0.2) is 0 Å². The van der Waals surface area contributed by atoms with Crippen LogP contribution in [-0.4, -0.2) is 24.1 Å². The Morgan fingerprint density at radius 1 is 0.957 bits per heavy atom. The zero-order valence-corrected chi connectivity index (χ0v) is 14.2. The van der Waals surface area contributed by atoms with Gasteiger partial charge in [-0.15, -0.1) is 6.42 Å². The first kappa shape index (κ1) is 20.7. The van der Waals surface area contributed by atoms with E-state index in [1.165, 1.54) is 19.9 Å². The Morgan fingerprint density at radius 3 is 1.96 bits per heavy atom. The molecule has 0 amide bonds. The van der Waals surface area contributed by atoms with Crippen LogP contribution in [0.1, 0.15) is 46.5 Å². The molecule has 4 heteroatoms. The SMILES string of the molecule is C#C/C=C/C[C@@H](OC(C)=O)[C@H](C/C=C\C/C=C/CC)OC(C)=O. The van der Waals surface area contributed by atoms with Crippen LogP contribution in [0.2, 0.25) is 0 Å². The van der Waals surface area contributed by atoms with E-state index in [9.17, 15) is 9.59 Å². The summed E-state index contributed by atoms with van der Waals surface area (Å²) in [6.07, 6.45) is 18.1. The summed E-state index contributed by atoms with van der Waals surface area (Å²) < 4.78 is 10.6. The van der Waals surface area contributed by atoms with E-state index in [-0.39, 0.29) is 0 Å². The van der Waals surface area contributed by atoms with E-state index in [1.54, 1.807) is 6.08 Å². The molecular formula is C19H26O4. The maximum Gasteiger partial charge on any atom is 0.303 e. The minimum absolute atomic E-state index is 0.394. The molecule has 0 N–H and O–H groups in total. The number of esters is 2. The first-order valence-corrected chi connectivity index (χ1v) is 7.76. The number of allylic oxidation sites excluding steroid dienone is 4. The van der Waals surface area contributed by atoms with Crippen molar-refractivity contribution in [1.29, 1.82) is 0 Å². The van der Waals surface area contributed by atoms with Crippen molar-refractivity contribution in [3.63, 3.8) is 0 Å². The molecule has 0 aromatic heterocycles. The van der Waals surface area contributed by atoms with Crippen LogP contribution in [0, 0.1) is 12.3 Å². The Morgan fingerprint density at radius 2 is 1.48 bits per heavy atom. The third kappa shape index (κ3) is 12.0. The highest BCUT2D eigenvalue weighted by atomic mass is 16.6. The Kier molecular flexibility index (Phi) is 12.1. The molecule has 0 spiro atoms. The lowest BCUT2D eigenvalue weighted by atomic mass is 10.1. The minimum Gasteiger partial charge on any atom is -0.458 e. The minimum atomic E-state index is -0.558. The summed E-state index contributed by atoms with van der Waals surface area (Å²) in [6, 6.07) is 0. The molecule has 0 saturated carbocycles. The first-order chi connectivity index (χ1) is 11.0. The van der Waals surface area contributed by atoms with Gasteiger partial charge in [-0.2, -0.15) is 0 Å². The van der Waals surface area contributed by atoms with Crippen molar-refractivity contribution in [2.24, 2.45) is 0 Å². The van der Waals surface area contributed by atoms with Gasteiger partial charge in [0.2, 0.25) is 0 Å². The van der Waals surface area contributed by atoms with Crippen molar-refractivity contribution >= 4 is 11.9 Å². The zero-order chi connectivity index (χ0) is 17.5. The lowest BCUT2D eigenvalue weighted by molar-refractivity contribution is -0.164. The number of carbonyl (C=O) groups is 2. The molecule has 0 saturated heterocycles. The maximum absolute atomic E-state index is 11.3. The summed E-state index contributed by atoms with van der Waals surface area (Å²) in [6.45, 7) is 4.74. The molecule has 0 bridgehead atoms. The molecule has 0 rings (SSSR count). The quantitative estimate of drug-likeness (QED) is 0.350. The van der Waals surface area contributed by atoms with E-state index in [0.717, 1.165) is 12.8 Å². The molecular weight excluding hydrogens is 292 g/mol. The Bertz CT molecular complexity index is 480. The number of hydrogen-bond donors (Lipinski definition) is 0. The molecule has 0 fully saturated rings. The van der Waals surface area contributed by atoms with Crippen LogP contribution >= 0.6 is 0 Å². The zero-order valence-electron chi connectivity index (χ0n) is 14.2. The van der Waals surface area contributed by atoms with E-state index in [0.29, 0.717) is 12.8 Å². The molecule has 126 valence electrons. The van der Waals surface area contributed by atoms with E-state index >= 15 is 0 Å². The largest absolute Gasteiger partial charge is 0.458 e. The van der Waals surface area contributed by atoms with Crippen LogP contribution in [0.5, 0.6) is 0 Å². The first-order valence-electron chi connectivity index (χ1n) is 7.76. The van der Waals surface area contributed by atoms with Gasteiger partial charge in [0.1, 0.15) is 12.2 Å². The highest BCUT2D eigenvalue weighted by molar-refractivity contribution is 5.67. The fourth-order valence-corrected chi connectivity index (χ4v) is 1.92. The summed E-state index contributed by atoms with van der Waals surface area (Å²) in [4.78, 5) is 22.6. The van der Waals surface area contributed by atoms with Crippen molar-refractivity contribution in [2.45, 2.75) is 58.7 Å². The van der Waals surface area contributed by atoms with Crippen LogP contribution in [-0.2, 0) is 19.1 Å². The standard InChI is InChI=1S/C19H26O4/c1-5-7-9-10-11-13-15-19(23-17(4)21)18(22-16(3)20)14-12-8-6-2/h2,7-9,11-13,18-19H,5,10,14-15H2,1,3-4H3/b9-7+,12-8+,13-11-/t18-,19+/m1/s1. The summed E-state index contributed by atoms with van der Waals surface area (Å²) in [7, 11) is 0. The van der Waals surface area contributed by atoms with Gasteiger partial charge in [-0.05, 0) is 18.9 Å². The highest BCUT2D eigenvalue weighted by Gasteiger charge is 2.25. The molecule has 23 heavy (non-hydrogen) atoms. The molecule has 0 unspecified atom stereocenters. The van der Waals surface area contributed by atoms with Gasteiger partial charge in [0.25, 0.3) is 0 Å². The Hall–Kier alpha value is -2.28. The second-order valence-electron chi connectivity index (χ2n) is 4.92. The second kappa shape index (κ2) is 13.4. The maximum atomic E-state index is 11.3. The third-order valence-corrected chi connectivity index (χ3v) is 2.84. The van der Waals surface area contributed by atoms with Gasteiger partial charge >= 0.3 is 11.9 Å². The second-order valence-corrected chi connectivity index (χ2v) is 4.92. The van der Waals surface area contributed by atoms with Crippen molar-refractivity contribution in [3.05, 3.63) is 36.5 Å². The molecule has 0 heterocycles. The molecule has 0 aliphatic carbocycles. The average Bonchev–Trinajstić information content (AvgIpc) is 2.48. The van der Waals surface area contributed by atoms with E-state index in [4.69, 9.17) is 15.9 Å². The van der Waals surface area contributed by atoms with Gasteiger partial charge < -0.3 is 9.47 Å². The predicted octanol–water partition coefficient (Wildman–Crippen LogP) is 3.73. The third-order valence-electron chi connectivity index (χ3n) is 2.84. The molecule has 0 aliphatic rings. The number of terminal acetylenes is 1. The normalized spacial score (nSPS) is 14.0. The molecule has 0 aromatic carbocycles. The average molecular weight is 318 g/mol. The lowest BCUT2D eigenvalue weighted by Crippen LogP contribution is -2.33. The topological polar surface area (TPSA) is 52.6 Å². The number of carbonyl (C=O) groups excluding carboxylic acids is 2. The smallest absolute Gasteiger partial charge is 0.303 e. The summed E-state index contributed by atoms with van der Waals surface area (Å²) in [5.41, 5.74) is 0. The number of ether oxygens (including phenoxy) is 2. The molecule has 0 aliphatic heterocycles. The Labute approximate surface area is 139 Å². The van der Waals surface area contributed by atoms with Gasteiger partial charge in [0.05, 0.1) is 0 Å². The molecule has 0 aromatic rings. The predicted molar refractivity (Wildman–Crippen MR) is 91.5 cm³/mol. The van der Waals surface area contributed by atoms with Crippen LogP contribution in [0.15, 0.2) is 36.5 Å². The van der Waals surface area contributed by atoms with E-state index in [1.807, 2.05) is 12.2 Å². The summed E-state index contributed by atoms with van der Waals surface area (Å²) in [5.74, 6) is 1.55. The Balaban J connectivity index is 4.85. The van der Waals surface area contributed by atoms with Crippen molar-refractivity contribution in [3.8, 4) is 12.3 Å². The fraction of sp³-hybridized carbons (Fsp3) is 0.474. The summed E-state index contributed by atoms with van der Waals surface area (Å²) in [5, 5.41) is 0. The van der Waals surface area contributed by atoms with Gasteiger partial charge in [0, 0.05) is 26.7 Å². The monoisotopic (exact) mass is 318 g/mol. The number of rotatable bonds is 10. The van der Waals surface area contributed by atoms with Gasteiger partial charge in [-0.1, -0.05) is 43.2 Å². The van der Waals surface area contributed by atoms with E-state index < -0.39 is 24.1 Å². The van der Waals surface area contributed by atoms with Gasteiger partial charge in [0.15, 0.2) is 0 Å². The van der Waals surface area contributed by atoms with Crippen molar-refractivity contribution < 1.29 is 19.1 Å². The van der Waals surface area contributed by atoms with Crippen LogP contribution in [0.25, 0.3) is 0 Å². The fourth-order valence-electron chi connectivity index (χ4n) is 1.92. The molecule has 4 nitrogen and oxygen atoms in total. The summed E-state index contributed by atoms with van der Waals surface area (Å²) >= 11 is 0. The number of hydrogen-bond acceptors (Lipinski definition) is 4. The van der Waals surface area contributed by atoms with Gasteiger partial charge in [-0.3, -0.25) is 9.59 Å². The van der Waals surface area contributed by atoms with Crippen LogP contribution in [0.4, 0.5) is 0 Å². The van der Waals surface area contributed by atoms with Crippen molar-refractivity contribution in [1.82, 2.24) is 0 Å². The molecule has 0 radical (unpaired) electrons. The molecule has 2 atom stereocenters. The highest BCUT2D eigenvalue weighted by Crippen LogP contribution is 2.15. The van der Waals surface area contributed by atoms with Crippen LogP contribution in [0.3, 0.4) is 0 Å². The van der Waals surface area contributed by atoms with Crippen LogP contribution < -0.4 is 0 Å². The lowest BCUT2D eigenvalue weighted by Gasteiger charge is -2.24.